The van der Waals surface area contributed by atoms with Gasteiger partial charge in [-0.2, -0.15) is 24.9 Å². The first-order chi connectivity index (χ1) is 13.4. The minimum atomic E-state index is -4.39. The molecule has 28 heavy (non-hydrogen) atoms. The highest BCUT2D eigenvalue weighted by Crippen LogP contribution is 2.35. The SMILES string of the molecule is CN=C(NCc1nc(C(F)(F)F)cs1)NCC1(N2CCSCC2)CCCCC1. The Balaban J connectivity index is 1.56. The molecule has 2 N–H and O–H groups in total. The van der Waals surface area contributed by atoms with Gasteiger partial charge in [0.2, 0.25) is 0 Å². The molecule has 0 spiro atoms. The lowest BCUT2D eigenvalue weighted by molar-refractivity contribution is -0.140. The van der Waals surface area contributed by atoms with Crippen LogP contribution in [-0.2, 0) is 12.7 Å². The number of aromatic nitrogens is 1. The summed E-state index contributed by atoms with van der Waals surface area (Å²) in [6, 6.07) is 0. The van der Waals surface area contributed by atoms with Gasteiger partial charge in [-0.3, -0.25) is 9.89 Å². The number of thiazole rings is 1. The van der Waals surface area contributed by atoms with Crippen molar-refractivity contribution in [2.24, 2.45) is 4.99 Å². The molecular formula is C18H28F3N5S2. The highest BCUT2D eigenvalue weighted by atomic mass is 32.2. The van der Waals surface area contributed by atoms with Crippen LogP contribution in [0.1, 0.15) is 42.8 Å². The van der Waals surface area contributed by atoms with E-state index in [1.165, 1.54) is 43.6 Å². The van der Waals surface area contributed by atoms with Gasteiger partial charge in [-0.05, 0) is 12.8 Å². The van der Waals surface area contributed by atoms with Crippen molar-refractivity contribution in [3.05, 3.63) is 16.1 Å². The number of nitrogens with zero attached hydrogens (tertiary/aromatic N) is 3. The predicted octanol–water partition coefficient (Wildman–Crippen LogP) is 3.58. The van der Waals surface area contributed by atoms with E-state index >= 15 is 0 Å². The lowest BCUT2D eigenvalue weighted by Gasteiger charge is -2.48. The summed E-state index contributed by atoms with van der Waals surface area (Å²) >= 11 is 3.03. The standard InChI is InChI=1S/C18H28F3N5S2/c1-22-16(23-11-15-25-14(12-28-15)18(19,20)21)24-13-17(5-3-2-4-6-17)26-7-9-27-10-8-26/h12H,2-11,13H2,1H3,(H2,22,23,24). The summed E-state index contributed by atoms with van der Waals surface area (Å²) in [4.78, 5) is 10.5. The molecular weight excluding hydrogens is 407 g/mol. The molecule has 2 heterocycles. The molecule has 0 aromatic carbocycles. The fourth-order valence-corrected chi connectivity index (χ4v) is 5.65. The molecule has 2 fully saturated rings. The fraction of sp³-hybridized carbons (Fsp3) is 0.778. The number of hydrogen-bond acceptors (Lipinski definition) is 5. The zero-order chi connectivity index (χ0) is 20.0. The van der Waals surface area contributed by atoms with Crippen molar-refractivity contribution in [3.8, 4) is 0 Å². The minimum Gasteiger partial charge on any atom is -0.355 e. The maximum absolute atomic E-state index is 12.7. The van der Waals surface area contributed by atoms with Gasteiger partial charge in [0.1, 0.15) is 5.01 Å². The molecule has 1 saturated carbocycles. The Morgan fingerprint density at radius 2 is 1.93 bits per heavy atom. The number of rotatable bonds is 5. The molecule has 10 heteroatoms. The molecule has 5 nitrogen and oxygen atoms in total. The van der Waals surface area contributed by atoms with Crippen LogP contribution in [0.25, 0.3) is 0 Å². The van der Waals surface area contributed by atoms with E-state index in [0.717, 1.165) is 36.4 Å². The van der Waals surface area contributed by atoms with Gasteiger partial charge in [-0.25, -0.2) is 4.98 Å². The first-order valence-electron chi connectivity index (χ1n) is 9.72. The smallest absolute Gasteiger partial charge is 0.355 e. The molecule has 0 bridgehead atoms. The largest absolute Gasteiger partial charge is 0.434 e. The maximum Gasteiger partial charge on any atom is 0.434 e. The minimum absolute atomic E-state index is 0.154. The van der Waals surface area contributed by atoms with E-state index < -0.39 is 11.9 Å². The van der Waals surface area contributed by atoms with E-state index in [1.807, 2.05) is 11.8 Å². The van der Waals surface area contributed by atoms with Crippen LogP contribution in [0.2, 0.25) is 0 Å². The molecule has 0 radical (unpaired) electrons. The summed E-state index contributed by atoms with van der Waals surface area (Å²) in [7, 11) is 1.68. The second kappa shape index (κ2) is 9.67. The highest BCUT2D eigenvalue weighted by Gasteiger charge is 2.38. The normalized spacial score (nSPS) is 21.5. The van der Waals surface area contributed by atoms with Crippen molar-refractivity contribution >= 4 is 29.1 Å². The Bertz CT molecular complexity index is 650. The second-order valence-corrected chi connectivity index (χ2v) is 9.46. The highest BCUT2D eigenvalue weighted by molar-refractivity contribution is 7.99. The Morgan fingerprint density at radius 3 is 2.54 bits per heavy atom. The number of guanidine groups is 1. The lowest BCUT2D eigenvalue weighted by atomic mass is 9.80. The van der Waals surface area contributed by atoms with Crippen LogP contribution in [0, 0.1) is 0 Å². The number of aliphatic imine (C=N–C) groups is 1. The summed E-state index contributed by atoms with van der Waals surface area (Å²) < 4.78 is 38.1. The first-order valence-corrected chi connectivity index (χ1v) is 11.8. The molecule has 1 aromatic rings. The second-order valence-electron chi connectivity index (χ2n) is 7.29. The summed E-state index contributed by atoms with van der Waals surface area (Å²) in [5.74, 6) is 2.97. The van der Waals surface area contributed by atoms with Crippen molar-refractivity contribution < 1.29 is 13.2 Å². The molecule has 158 valence electrons. The molecule has 1 aliphatic heterocycles. The van der Waals surface area contributed by atoms with Crippen LogP contribution in [0.5, 0.6) is 0 Å². The van der Waals surface area contributed by atoms with E-state index in [4.69, 9.17) is 0 Å². The zero-order valence-electron chi connectivity index (χ0n) is 16.1. The van der Waals surface area contributed by atoms with E-state index in [1.54, 1.807) is 7.05 Å². The third-order valence-electron chi connectivity index (χ3n) is 5.52. The Kier molecular flexibility index (Phi) is 7.49. The van der Waals surface area contributed by atoms with Crippen molar-refractivity contribution in [2.75, 3.05) is 38.2 Å². The molecule has 1 saturated heterocycles. The predicted molar refractivity (Wildman–Crippen MR) is 110 cm³/mol. The number of hydrogen-bond donors (Lipinski definition) is 2. The summed E-state index contributed by atoms with van der Waals surface area (Å²) in [5.41, 5.74) is -0.678. The van der Waals surface area contributed by atoms with Crippen LogP contribution in [0.15, 0.2) is 10.4 Å². The Labute approximate surface area is 172 Å². The molecule has 3 rings (SSSR count). The van der Waals surface area contributed by atoms with Crippen LogP contribution < -0.4 is 10.6 Å². The number of thioether (sulfide) groups is 1. The van der Waals surface area contributed by atoms with E-state index in [2.05, 4.69) is 25.5 Å². The van der Waals surface area contributed by atoms with Gasteiger partial charge in [-0.15, -0.1) is 11.3 Å². The maximum atomic E-state index is 12.7. The molecule has 0 unspecified atom stereocenters. The number of alkyl halides is 3. The van der Waals surface area contributed by atoms with E-state index in [-0.39, 0.29) is 12.1 Å². The average Bonchev–Trinajstić information content (AvgIpc) is 3.19. The lowest BCUT2D eigenvalue weighted by Crippen LogP contribution is -2.59. The monoisotopic (exact) mass is 435 g/mol. The Morgan fingerprint density at radius 1 is 1.21 bits per heavy atom. The summed E-state index contributed by atoms with van der Waals surface area (Å²) in [6.45, 7) is 3.28. The van der Waals surface area contributed by atoms with Crippen LogP contribution >= 0.6 is 23.1 Å². The van der Waals surface area contributed by atoms with Crippen molar-refractivity contribution in [2.45, 2.75) is 50.4 Å². The van der Waals surface area contributed by atoms with Gasteiger partial charge >= 0.3 is 6.18 Å². The van der Waals surface area contributed by atoms with E-state index in [0.29, 0.717) is 11.0 Å². The molecule has 0 amide bonds. The quantitative estimate of drug-likeness (QED) is 0.547. The fourth-order valence-electron chi connectivity index (χ4n) is 4.00. The van der Waals surface area contributed by atoms with E-state index in [9.17, 15) is 13.2 Å². The summed E-state index contributed by atoms with van der Waals surface area (Å²) in [6.07, 6.45) is 1.76. The van der Waals surface area contributed by atoms with Crippen LogP contribution in [0.3, 0.4) is 0 Å². The molecule has 0 atom stereocenters. The van der Waals surface area contributed by atoms with Gasteiger partial charge in [0, 0.05) is 49.1 Å². The van der Waals surface area contributed by atoms with Crippen LogP contribution in [0.4, 0.5) is 13.2 Å². The van der Waals surface area contributed by atoms with Gasteiger partial charge in [0.15, 0.2) is 11.7 Å². The molecule has 1 aliphatic carbocycles. The third kappa shape index (κ3) is 5.54. The van der Waals surface area contributed by atoms with Crippen LogP contribution in [-0.4, -0.2) is 59.6 Å². The first kappa shape index (κ1) is 21.7. The number of nitrogens with one attached hydrogen (secondary N) is 2. The third-order valence-corrected chi connectivity index (χ3v) is 7.32. The van der Waals surface area contributed by atoms with Crippen molar-refractivity contribution in [1.29, 1.82) is 0 Å². The molecule has 1 aromatic heterocycles. The summed E-state index contributed by atoms with van der Waals surface area (Å²) in [5, 5.41) is 7.99. The van der Waals surface area contributed by atoms with Gasteiger partial charge < -0.3 is 10.6 Å². The molecule has 2 aliphatic rings. The van der Waals surface area contributed by atoms with Gasteiger partial charge in [-0.1, -0.05) is 19.3 Å². The Hall–Kier alpha value is -1.00. The zero-order valence-corrected chi connectivity index (χ0v) is 17.8. The van der Waals surface area contributed by atoms with Crippen molar-refractivity contribution in [3.63, 3.8) is 0 Å². The van der Waals surface area contributed by atoms with Gasteiger partial charge in [0.05, 0.1) is 6.54 Å². The number of halogens is 3. The topological polar surface area (TPSA) is 52.6 Å². The average molecular weight is 436 g/mol. The van der Waals surface area contributed by atoms with Gasteiger partial charge in [0.25, 0.3) is 0 Å². The van der Waals surface area contributed by atoms with Crippen molar-refractivity contribution in [1.82, 2.24) is 20.5 Å².